The van der Waals surface area contributed by atoms with Crippen molar-refractivity contribution in [3.8, 4) is 0 Å². The molecule has 0 unspecified atom stereocenters. The minimum atomic E-state index is -4.24. The number of halogens is 2. The first kappa shape index (κ1) is 23.4. The van der Waals surface area contributed by atoms with Crippen LogP contribution in [0.4, 0.5) is 10.1 Å². The molecule has 0 saturated carbocycles. The number of carbonyl (C=O) groups excluding carboxylic acids is 2. The van der Waals surface area contributed by atoms with E-state index in [1.54, 1.807) is 0 Å². The summed E-state index contributed by atoms with van der Waals surface area (Å²) in [6.45, 7) is 2.94. The van der Waals surface area contributed by atoms with E-state index in [-0.39, 0.29) is 27.7 Å². The number of carbonyl (C=O) groups is 2. The molecule has 0 N–H and O–H groups in total. The van der Waals surface area contributed by atoms with Gasteiger partial charge in [0.1, 0.15) is 10.7 Å². The Bertz CT molecular complexity index is 1060. The minimum absolute atomic E-state index is 0.0952. The van der Waals surface area contributed by atoms with Crippen LogP contribution in [0, 0.1) is 5.82 Å². The van der Waals surface area contributed by atoms with Gasteiger partial charge in [-0.25, -0.2) is 17.6 Å². The summed E-state index contributed by atoms with van der Waals surface area (Å²) in [4.78, 5) is 24.8. The molecule has 160 valence electrons. The summed E-state index contributed by atoms with van der Waals surface area (Å²) >= 11 is 6.11. The van der Waals surface area contributed by atoms with Crippen molar-refractivity contribution in [2.24, 2.45) is 0 Å². The molecule has 0 spiro atoms. The number of anilines is 1. The van der Waals surface area contributed by atoms with Gasteiger partial charge in [0.15, 0.2) is 6.61 Å². The Morgan fingerprint density at radius 1 is 1.17 bits per heavy atom. The van der Waals surface area contributed by atoms with E-state index >= 15 is 0 Å². The molecule has 1 amide bonds. The maximum absolute atomic E-state index is 13.3. The van der Waals surface area contributed by atoms with Gasteiger partial charge >= 0.3 is 5.97 Å². The van der Waals surface area contributed by atoms with Gasteiger partial charge in [0, 0.05) is 14.1 Å². The van der Waals surface area contributed by atoms with Gasteiger partial charge in [-0.1, -0.05) is 17.7 Å². The second kappa shape index (κ2) is 9.73. The number of benzene rings is 2. The molecule has 0 saturated heterocycles. The van der Waals surface area contributed by atoms with Crippen molar-refractivity contribution >= 4 is 39.2 Å². The third-order valence-corrected chi connectivity index (χ3v) is 6.25. The lowest BCUT2D eigenvalue weighted by atomic mass is 10.2. The molecule has 2 aromatic rings. The van der Waals surface area contributed by atoms with Crippen LogP contribution >= 0.6 is 11.6 Å². The van der Waals surface area contributed by atoms with Crippen LogP contribution in [0.25, 0.3) is 0 Å². The normalized spacial score (nSPS) is 10.9. The van der Waals surface area contributed by atoms with Gasteiger partial charge in [-0.3, -0.25) is 9.10 Å². The van der Waals surface area contributed by atoms with Gasteiger partial charge in [0.2, 0.25) is 0 Å². The Hall–Kier alpha value is -2.91. The van der Waals surface area contributed by atoms with Crippen LogP contribution < -0.4 is 4.31 Å². The number of likely N-dealkylation sites (N-methyl/N-ethyl adjacent to an activating group) is 1. The molecule has 0 aromatic heterocycles. The molecule has 0 aliphatic rings. The maximum atomic E-state index is 13.3. The van der Waals surface area contributed by atoms with E-state index in [0.717, 1.165) is 22.5 Å². The van der Waals surface area contributed by atoms with E-state index in [1.807, 2.05) is 0 Å². The average molecular weight is 455 g/mol. The topological polar surface area (TPSA) is 84.0 Å². The van der Waals surface area contributed by atoms with Crippen LogP contribution in [0.1, 0.15) is 10.4 Å². The van der Waals surface area contributed by atoms with E-state index in [9.17, 15) is 22.4 Å². The molecule has 30 heavy (non-hydrogen) atoms. The van der Waals surface area contributed by atoms with E-state index in [1.165, 1.54) is 49.3 Å². The zero-order valence-corrected chi connectivity index (χ0v) is 17.9. The third kappa shape index (κ3) is 5.37. The van der Waals surface area contributed by atoms with Gasteiger partial charge in [-0.05, 0) is 42.5 Å². The number of esters is 1. The van der Waals surface area contributed by atoms with Crippen molar-refractivity contribution in [1.29, 1.82) is 0 Å². The fourth-order valence-electron chi connectivity index (χ4n) is 2.35. The summed E-state index contributed by atoms with van der Waals surface area (Å²) in [6.07, 6.45) is 1.36. The summed E-state index contributed by atoms with van der Waals surface area (Å²) in [7, 11) is -1.22. The summed E-state index contributed by atoms with van der Waals surface area (Å²) in [5.74, 6) is -1.83. The van der Waals surface area contributed by atoms with E-state index in [2.05, 4.69) is 6.58 Å². The smallest absolute Gasteiger partial charge is 0.338 e. The van der Waals surface area contributed by atoms with Crippen molar-refractivity contribution in [1.82, 2.24) is 4.90 Å². The van der Waals surface area contributed by atoms with E-state index < -0.39 is 34.3 Å². The lowest BCUT2D eigenvalue weighted by Crippen LogP contribution is -2.31. The molecule has 0 atom stereocenters. The highest BCUT2D eigenvalue weighted by atomic mass is 35.5. The fourth-order valence-corrected chi connectivity index (χ4v) is 4.29. The molecular weight excluding hydrogens is 435 g/mol. The lowest BCUT2D eigenvalue weighted by molar-refractivity contribution is -0.131. The summed E-state index contributed by atoms with van der Waals surface area (Å²) in [5.41, 5.74) is 0.0964. The number of nitrogens with zero attached hydrogens (tertiary/aromatic N) is 2. The molecule has 0 heterocycles. The van der Waals surface area contributed by atoms with E-state index in [4.69, 9.17) is 16.3 Å². The van der Waals surface area contributed by atoms with Crippen LogP contribution in [0.5, 0.6) is 0 Å². The first-order valence-electron chi connectivity index (χ1n) is 8.64. The molecule has 10 heteroatoms. The summed E-state index contributed by atoms with van der Waals surface area (Å²) in [5, 5.41) is -0.118. The largest absolute Gasteiger partial charge is 0.452 e. The van der Waals surface area contributed by atoms with Crippen LogP contribution in [-0.4, -0.2) is 52.4 Å². The fraction of sp³-hybridized carbons (Fsp3) is 0.200. The number of ether oxygens (including phenoxy) is 1. The molecule has 0 aliphatic carbocycles. The average Bonchev–Trinajstić information content (AvgIpc) is 2.70. The minimum Gasteiger partial charge on any atom is -0.452 e. The highest BCUT2D eigenvalue weighted by Gasteiger charge is 2.28. The summed E-state index contributed by atoms with van der Waals surface area (Å²) in [6, 6.07) is 8.45. The standard InChI is InChI=1S/C20H20ClFN2O5S/c1-4-11-24(16-8-6-15(22)7-9-16)30(27,28)18-12-14(5-10-17(18)21)20(26)29-13-19(25)23(2)3/h4-10,12H,1,11,13H2,2-3H3. The first-order valence-corrected chi connectivity index (χ1v) is 10.5. The van der Waals surface area contributed by atoms with Crippen molar-refractivity contribution in [3.63, 3.8) is 0 Å². The van der Waals surface area contributed by atoms with Gasteiger partial charge in [0.25, 0.3) is 15.9 Å². The Morgan fingerprint density at radius 3 is 2.37 bits per heavy atom. The van der Waals surface area contributed by atoms with Gasteiger partial charge in [-0.15, -0.1) is 6.58 Å². The quantitative estimate of drug-likeness (QED) is 0.452. The summed E-state index contributed by atoms with van der Waals surface area (Å²) < 4.78 is 45.6. The monoisotopic (exact) mass is 454 g/mol. The van der Waals surface area contributed by atoms with Crippen LogP contribution in [0.15, 0.2) is 60.0 Å². The highest BCUT2D eigenvalue weighted by molar-refractivity contribution is 7.93. The number of hydrogen-bond acceptors (Lipinski definition) is 5. The van der Waals surface area contributed by atoms with Crippen molar-refractivity contribution in [2.75, 3.05) is 31.6 Å². The zero-order chi connectivity index (χ0) is 22.5. The second-order valence-electron chi connectivity index (χ2n) is 6.31. The number of sulfonamides is 1. The molecule has 0 bridgehead atoms. The van der Waals surface area contributed by atoms with Gasteiger partial charge < -0.3 is 9.64 Å². The van der Waals surface area contributed by atoms with Crippen LogP contribution in [-0.2, 0) is 19.6 Å². The van der Waals surface area contributed by atoms with Crippen LogP contribution in [0.2, 0.25) is 5.02 Å². The van der Waals surface area contributed by atoms with Crippen molar-refractivity contribution in [3.05, 3.63) is 71.5 Å². The highest BCUT2D eigenvalue weighted by Crippen LogP contribution is 2.29. The Morgan fingerprint density at radius 2 is 1.80 bits per heavy atom. The predicted molar refractivity (Wildman–Crippen MR) is 112 cm³/mol. The molecule has 7 nitrogen and oxygen atoms in total. The lowest BCUT2D eigenvalue weighted by Gasteiger charge is -2.24. The molecular formula is C20H20ClFN2O5S. The maximum Gasteiger partial charge on any atom is 0.338 e. The van der Waals surface area contributed by atoms with Crippen molar-refractivity contribution in [2.45, 2.75) is 4.90 Å². The van der Waals surface area contributed by atoms with Crippen molar-refractivity contribution < 1.29 is 27.1 Å². The Labute approximate surface area is 179 Å². The number of amides is 1. The Balaban J connectivity index is 2.41. The second-order valence-corrected chi connectivity index (χ2v) is 8.55. The number of rotatable bonds is 8. The molecule has 0 aliphatic heterocycles. The molecule has 2 rings (SSSR count). The van der Waals surface area contributed by atoms with E-state index in [0.29, 0.717) is 0 Å². The first-order chi connectivity index (χ1) is 14.1. The molecule has 2 aromatic carbocycles. The molecule has 0 fully saturated rings. The predicted octanol–water partition coefficient (Wildman–Crippen LogP) is 3.11. The van der Waals surface area contributed by atoms with Crippen LogP contribution in [0.3, 0.4) is 0 Å². The zero-order valence-electron chi connectivity index (χ0n) is 16.3. The third-order valence-electron chi connectivity index (χ3n) is 3.97. The molecule has 0 radical (unpaired) electrons. The Kier molecular flexibility index (Phi) is 7.58. The number of hydrogen-bond donors (Lipinski definition) is 0. The SMILES string of the molecule is C=CCN(c1ccc(F)cc1)S(=O)(=O)c1cc(C(=O)OCC(=O)N(C)C)ccc1Cl. The van der Waals surface area contributed by atoms with Gasteiger partial charge in [0.05, 0.1) is 22.8 Å². The van der Waals surface area contributed by atoms with Gasteiger partial charge in [-0.2, -0.15) is 0 Å².